The number of benzene rings is 1. The number of hydrogen-bond donors (Lipinski definition) is 3. The van der Waals surface area contributed by atoms with Gasteiger partial charge in [-0.3, -0.25) is 10.1 Å². The van der Waals surface area contributed by atoms with Crippen molar-refractivity contribution in [3.05, 3.63) is 25.8 Å². The van der Waals surface area contributed by atoms with Crippen molar-refractivity contribution in [1.82, 2.24) is 0 Å². The number of aliphatic hydroxyl groups excluding tert-OH is 2. The molecule has 3 N–H and O–H groups in total. The largest absolute Gasteiger partial charge is 0.504 e. The van der Waals surface area contributed by atoms with Crippen molar-refractivity contribution in [2.45, 2.75) is 0 Å². The van der Waals surface area contributed by atoms with Crippen LogP contribution in [0, 0.1) is 13.7 Å². The van der Waals surface area contributed by atoms with Crippen LogP contribution < -0.4 is 4.90 Å². The van der Waals surface area contributed by atoms with Crippen LogP contribution in [0.2, 0.25) is 0 Å². The first-order chi connectivity index (χ1) is 8.52. The minimum absolute atomic E-state index is 0.135. The zero-order valence-corrected chi connectivity index (χ0v) is 11.6. The zero-order valence-electron chi connectivity index (χ0n) is 9.41. The summed E-state index contributed by atoms with van der Waals surface area (Å²) >= 11 is 1.69. The van der Waals surface area contributed by atoms with Gasteiger partial charge in [0.05, 0.1) is 23.8 Å². The highest BCUT2D eigenvalue weighted by Crippen LogP contribution is 2.37. The van der Waals surface area contributed by atoms with Gasteiger partial charge in [0, 0.05) is 19.2 Å². The Bertz CT molecular complexity index is 435. The summed E-state index contributed by atoms with van der Waals surface area (Å²) in [6.45, 7) is 0.157. The Morgan fingerprint density at radius 2 is 1.83 bits per heavy atom. The van der Waals surface area contributed by atoms with E-state index in [2.05, 4.69) is 0 Å². The Morgan fingerprint density at radius 3 is 2.28 bits per heavy atom. The third-order valence-electron chi connectivity index (χ3n) is 2.35. The third kappa shape index (κ3) is 3.21. The smallest absolute Gasteiger partial charge is 0.286 e. The first-order valence-corrected chi connectivity index (χ1v) is 6.23. The van der Waals surface area contributed by atoms with Gasteiger partial charge in [0.25, 0.3) is 5.69 Å². The van der Waals surface area contributed by atoms with Crippen molar-refractivity contribution in [3.63, 3.8) is 0 Å². The predicted octanol–water partition coefficient (Wildman–Crippen LogP) is 0.696. The van der Waals surface area contributed by atoms with Crippen LogP contribution in [0.25, 0.3) is 0 Å². The van der Waals surface area contributed by atoms with Gasteiger partial charge in [-0.05, 0) is 28.7 Å². The molecule has 0 saturated carbocycles. The van der Waals surface area contributed by atoms with E-state index in [0.717, 1.165) is 0 Å². The third-order valence-corrected chi connectivity index (χ3v) is 3.42. The summed E-state index contributed by atoms with van der Waals surface area (Å²) < 4.78 is 0.135. The number of aliphatic hydroxyl groups is 2. The molecule has 1 aromatic rings. The Morgan fingerprint density at radius 1 is 1.28 bits per heavy atom. The number of halogens is 1. The lowest BCUT2D eigenvalue weighted by Gasteiger charge is -2.24. The van der Waals surface area contributed by atoms with Crippen LogP contribution in [0.1, 0.15) is 0 Å². The van der Waals surface area contributed by atoms with E-state index < -0.39 is 4.92 Å². The van der Waals surface area contributed by atoms with Gasteiger partial charge in [-0.1, -0.05) is 0 Å². The molecular weight excluding hydrogens is 355 g/mol. The summed E-state index contributed by atoms with van der Waals surface area (Å²) in [6, 6.07) is 2.69. The molecule has 100 valence electrons. The maximum atomic E-state index is 10.7. The number of phenols is 1. The molecule has 0 radical (unpaired) electrons. The van der Waals surface area contributed by atoms with Gasteiger partial charge in [-0.2, -0.15) is 0 Å². The van der Waals surface area contributed by atoms with Gasteiger partial charge in [0.15, 0.2) is 5.75 Å². The average molecular weight is 368 g/mol. The molecule has 8 heteroatoms. The average Bonchev–Trinajstić information content (AvgIpc) is 2.32. The Kier molecular flexibility index (Phi) is 5.56. The van der Waals surface area contributed by atoms with E-state index in [1.807, 2.05) is 0 Å². The Hall–Kier alpha value is -1.13. The van der Waals surface area contributed by atoms with Crippen molar-refractivity contribution < 1.29 is 20.2 Å². The molecule has 0 atom stereocenters. The normalized spacial score (nSPS) is 10.4. The molecule has 0 fully saturated rings. The Balaban J connectivity index is 3.16. The molecule has 0 aromatic heterocycles. The zero-order chi connectivity index (χ0) is 13.7. The fraction of sp³-hybridized carbons (Fsp3) is 0.400. The van der Waals surface area contributed by atoms with Crippen molar-refractivity contribution in [3.8, 4) is 5.75 Å². The fourth-order valence-corrected chi connectivity index (χ4v) is 2.19. The highest BCUT2D eigenvalue weighted by Gasteiger charge is 2.21. The monoisotopic (exact) mass is 368 g/mol. The molecule has 1 rings (SSSR count). The lowest BCUT2D eigenvalue weighted by atomic mass is 10.2. The van der Waals surface area contributed by atoms with Crippen molar-refractivity contribution in [2.24, 2.45) is 0 Å². The molecular formula is C10H13IN2O5. The van der Waals surface area contributed by atoms with E-state index in [-0.39, 0.29) is 41.3 Å². The molecule has 1 aromatic carbocycles. The molecule has 0 amide bonds. The van der Waals surface area contributed by atoms with Crippen LogP contribution in [0.15, 0.2) is 12.1 Å². The van der Waals surface area contributed by atoms with Crippen LogP contribution in [0.4, 0.5) is 11.4 Å². The topological polar surface area (TPSA) is 107 Å². The first-order valence-electron chi connectivity index (χ1n) is 5.15. The molecule has 0 unspecified atom stereocenters. The Labute approximate surface area is 117 Å². The maximum absolute atomic E-state index is 10.7. The second-order valence-corrected chi connectivity index (χ2v) is 4.54. The number of anilines is 1. The molecule has 7 nitrogen and oxygen atoms in total. The summed E-state index contributed by atoms with van der Waals surface area (Å²) in [6.07, 6.45) is 0. The van der Waals surface area contributed by atoms with Gasteiger partial charge in [-0.15, -0.1) is 0 Å². The number of nitro groups is 1. The second-order valence-electron chi connectivity index (χ2n) is 3.46. The molecule has 0 saturated heterocycles. The van der Waals surface area contributed by atoms with E-state index in [9.17, 15) is 15.2 Å². The van der Waals surface area contributed by atoms with E-state index in [0.29, 0.717) is 5.69 Å². The van der Waals surface area contributed by atoms with Crippen molar-refractivity contribution in [2.75, 3.05) is 31.2 Å². The molecule has 0 aliphatic heterocycles. The van der Waals surface area contributed by atoms with Gasteiger partial charge in [0.1, 0.15) is 3.57 Å². The quantitative estimate of drug-likeness (QED) is 0.388. The highest BCUT2D eigenvalue weighted by molar-refractivity contribution is 14.1. The maximum Gasteiger partial charge on any atom is 0.286 e. The summed E-state index contributed by atoms with van der Waals surface area (Å²) in [5.74, 6) is -0.216. The number of hydrogen-bond acceptors (Lipinski definition) is 6. The number of phenolic OH excluding ortho intramolecular Hbond substituents is 1. The van der Waals surface area contributed by atoms with Crippen LogP contribution >= 0.6 is 22.6 Å². The van der Waals surface area contributed by atoms with Gasteiger partial charge in [0.2, 0.25) is 0 Å². The molecule has 0 bridgehead atoms. The van der Waals surface area contributed by atoms with E-state index >= 15 is 0 Å². The van der Waals surface area contributed by atoms with Crippen LogP contribution in [-0.4, -0.2) is 46.5 Å². The highest BCUT2D eigenvalue weighted by atomic mass is 127. The lowest BCUT2D eigenvalue weighted by Crippen LogP contribution is -2.29. The predicted molar refractivity (Wildman–Crippen MR) is 73.9 cm³/mol. The van der Waals surface area contributed by atoms with Crippen LogP contribution in [0.5, 0.6) is 5.75 Å². The van der Waals surface area contributed by atoms with Crippen molar-refractivity contribution >= 4 is 34.0 Å². The van der Waals surface area contributed by atoms with E-state index in [4.69, 9.17) is 10.2 Å². The summed E-state index contributed by atoms with van der Waals surface area (Å²) in [4.78, 5) is 11.7. The van der Waals surface area contributed by atoms with Gasteiger partial charge < -0.3 is 20.2 Å². The van der Waals surface area contributed by atoms with Gasteiger partial charge in [-0.25, -0.2) is 0 Å². The van der Waals surface area contributed by atoms with E-state index in [1.165, 1.54) is 12.1 Å². The molecule has 18 heavy (non-hydrogen) atoms. The minimum Gasteiger partial charge on any atom is -0.504 e. The molecule has 0 heterocycles. The molecule has 0 aliphatic rings. The fourth-order valence-electron chi connectivity index (χ4n) is 1.53. The first kappa shape index (κ1) is 14.9. The van der Waals surface area contributed by atoms with E-state index in [1.54, 1.807) is 27.5 Å². The number of aromatic hydroxyl groups is 1. The molecule has 0 spiro atoms. The van der Waals surface area contributed by atoms with Crippen LogP contribution in [0.3, 0.4) is 0 Å². The number of nitro benzene ring substituents is 1. The molecule has 0 aliphatic carbocycles. The SMILES string of the molecule is O=[N+]([O-])c1ccc(N(CCO)CCO)c(O)c1I. The number of nitrogens with zero attached hydrogens (tertiary/aromatic N) is 2. The van der Waals surface area contributed by atoms with Crippen molar-refractivity contribution in [1.29, 1.82) is 0 Å². The minimum atomic E-state index is -0.576. The number of rotatable bonds is 6. The van der Waals surface area contributed by atoms with Crippen LogP contribution in [-0.2, 0) is 0 Å². The summed E-state index contributed by atoms with van der Waals surface area (Å²) in [5, 5.41) is 38.5. The second kappa shape index (κ2) is 6.71. The lowest BCUT2D eigenvalue weighted by molar-refractivity contribution is -0.385. The standard InChI is InChI=1S/C10H13IN2O5/c11-9-7(13(17)18)1-2-8(10(9)16)12(3-5-14)4-6-15/h1-2,14-16H,3-6H2. The summed E-state index contributed by atoms with van der Waals surface area (Å²) in [7, 11) is 0. The summed E-state index contributed by atoms with van der Waals surface area (Å²) in [5.41, 5.74) is 0.179. The van der Waals surface area contributed by atoms with Gasteiger partial charge >= 0.3 is 0 Å².